The fraction of sp³-hybridized carbons (Fsp3) is 1.00. The third kappa shape index (κ3) is 4.95. The Bertz CT molecular complexity index is 279. The van der Waals surface area contributed by atoms with Crippen LogP contribution in [0.4, 0.5) is 13.2 Å². The van der Waals surface area contributed by atoms with E-state index in [1.165, 1.54) is 0 Å². The fourth-order valence-electron chi connectivity index (χ4n) is 2.86. The van der Waals surface area contributed by atoms with Crippen LogP contribution in [-0.2, 0) is 4.74 Å². The van der Waals surface area contributed by atoms with E-state index < -0.39 is 18.2 Å². The van der Waals surface area contributed by atoms with Crippen molar-refractivity contribution in [3.8, 4) is 0 Å². The molecule has 0 amide bonds. The van der Waals surface area contributed by atoms with E-state index >= 15 is 0 Å². The van der Waals surface area contributed by atoms with Gasteiger partial charge in [-0.15, -0.1) is 0 Å². The zero-order chi connectivity index (χ0) is 14.7. The molecule has 0 spiro atoms. The first-order valence-electron chi connectivity index (χ1n) is 6.98. The first-order chi connectivity index (χ1) is 8.60. The molecule has 1 rings (SSSR count). The van der Waals surface area contributed by atoms with Crippen molar-refractivity contribution in [1.82, 2.24) is 0 Å². The van der Waals surface area contributed by atoms with Gasteiger partial charge in [0.1, 0.15) is 0 Å². The second kappa shape index (κ2) is 6.00. The van der Waals surface area contributed by atoms with Gasteiger partial charge in [0.2, 0.25) is 0 Å². The van der Waals surface area contributed by atoms with Crippen molar-refractivity contribution in [2.45, 2.75) is 76.6 Å². The molecule has 1 atom stereocenters. The molecule has 1 fully saturated rings. The van der Waals surface area contributed by atoms with E-state index in [0.29, 0.717) is 6.42 Å². The highest BCUT2D eigenvalue weighted by Gasteiger charge is 2.42. The number of rotatable bonds is 5. The van der Waals surface area contributed by atoms with Gasteiger partial charge in [0.15, 0.2) is 0 Å². The van der Waals surface area contributed by atoms with E-state index in [9.17, 15) is 13.2 Å². The van der Waals surface area contributed by atoms with E-state index in [-0.39, 0.29) is 17.9 Å². The van der Waals surface area contributed by atoms with Gasteiger partial charge >= 0.3 is 6.18 Å². The number of methoxy groups -OCH3 is 1. The molecular weight excluding hydrogens is 255 g/mol. The summed E-state index contributed by atoms with van der Waals surface area (Å²) in [6.45, 7) is 4.42. The van der Waals surface area contributed by atoms with Gasteiger partial charge in [-0.05, 0) is 43.9 Å². The average Bonchev–Trinajstić information content (AvgIpc) is 2.28. The summed E-state index contributed by atoms with van der Waals surface area (Å²) >= 11 is 0. The Morgan fingerprint density at radius 3 is 2.11 bits per heavy atom. The first-order valence-corrected chi connectivity index (χ1v) is 6.98. The van der Waals surface area contributed by atoms with Crippen LogP contribution in [0.2, 0.25) is 0 Å². The van der Waals surface area contributed by atoms with Crippen molar-refractivity contribution in [2.24, 2.45) is 11.1 Å². The van der Waals surface area contributed by atoms with Gasteiger partial charge in [0, 0.05) is 19.6 Å². The van der Waals surface area contributed by atoms with Crippen LogP contribution < -0.4 is 5.73 Å². The Hall–Kier alpha value is -0.290. The van der Waals surface area contributed by atoms with Crippen molar-refractivity contribution in [2.75, 3.05) is 7.11 Å². The minimum absolute atomic E-state index is 0.0825. The smallest absolute Gasteiger partial charge is 0.377 e. The largest absolute Gasteiger partial charge is 0.389 e. The molecule has 19 heavy (non-hydrogen) atoms. The maximum atomic E-state index is 12.2. The Balaban J connectivity index is 2.50. The van der Waals surface area contributed by atoms with Gasteiger partial charge in [0.25, 0.3) is 0 Å². The zero-order valence-corrected chi connectivity index (χ0v) is 12.1. The second-order valence-electron chi connectivity index (χ2n) is 6.55. The highest BCUT2D eigenvalue weighted by molar-refractivity contribution is 4.97. The fourth-order valence-corrected chi connectivity index (χ4v) is 2.86. The molecule has 0 aromatic carbocycles. The Morgan fingerprint density at radius 2 is 1.68 bits per heavy atom. The predicted octanol–water partition coefficient (Wildman–Crippen LogP) is 4.03. The van der Waals surface area contributed by atoms with Gasteiger partial charge in [0.05, 0.1) is 5.60 Å². The molecule has 1 aliphatic rings. The van der Waals surface area contributed by atoms with Crippen LogP contribution in [0, 0.1) is 5.41 Å². The van der Waals surface area contributed by atoms with E-state index in [2.05, 4.69) is 13.8 Å². The minimum atomic E-state index is -4.09. The lowest BCUT2D eigenvalue weighted by atomic mass is 9.68. The summed E-state index contributed by atoms with van der Waals surface area (Å²) in [5, 5.41) is 0. The molecule has 0 radical (unpaired) electrons. The minimum Gasteiger partial charge on any atom is -0.377 e. The summed E-state index contributed by atoms with van der Waals surface area (Å²) in [5.41, 5.74) is 5.98. The van der Waals surface area contributed by atoms with Crippen LogP contribution >= 0.6 is 0 Å². The molecule has 0 aliphatic heterocycles. The van der Waals surface area contributed by atoms with Gasteiger partial charge in [-0.2, -0.15) is 13.2 Å². The molecule has 5 heteroatoms. The Morgan fingerprint density at radius 1 is 1.16 bits per heavy atom. The molecule has 2 N–H and O–H groups in total. The summed E-state index contributed by atoms with van der Waals surface area (Å²) < 4.78 is 42.1. The second-order valence-corrected chi connectivity index (χ2v) is 6.55. The average molecular weight is 281 g/mol. The Labute approximate surface area is 113 Å². The SMILES string of the molecule is COC1(C(N)CCCC(F)(F)F)CCC(C)(C)CC1. The first kappa shape index (κ1) is 16.8. The summed E-state index contributed by atoms with van der Waals surface area (Å²) in [6, 6.07) is -0.309. The molecule has 114 valence electrons. The normalized spacial score (nSPS) is 24.2. The molecule has 1 unspecified atom stereocenters. The molecule has 0 bridgehead atoms. The van der Waals surface area contributed by atoms with Crippen LogP contribution in [0.3, 0.4) is 0 Å². The van der Waals surface area contributed by atoms with Crippen LogP contribution in [-0.4, -0.2) is 24.9 Å². The molecule has 0 heterocycles. The number of halogens is 3. The highest BCUT2D eigenvalue weighted by Crippen LogP contribution is 2.43. The summed E-state index contributed by atoms with van der Waals surface area (Å²) in [5.74, 6) is 0. The van der Waals surface area contributed by atoms with Crippen LogP contribution in [0.25, 0.3) is 0 Å². The number of hydrogen-bond acceptors (Lipinski definition) is 2. The predicted molar refractivity (Wildman–Crippen MR) is 69.9 cm³/mol. The number of nitrogens with two attached hydrogens (primary N) is 1. The molecule has 1 saturated carbocycles. The maximum Gasteiger partial charge on any atom is 0.389 e. The maximum absolute atomic E-state index is 12.2. The Kier molecular flexibility index (Phi) is 5.29. The molecule has 2 nitrogen and oxygen atoms in total. The summed E-state index contributed by atoms with van der Waals surface area (Å²) in [4.78, 5) is 0. The standard InChI is InChI=1S/C14H26F3NO/c1-12(2)7-9-13(19-3,10-8-12)11(18)5-4-6-14(15,16)17/h11H,4-10,18H2,1-3H3. The van der Waals surface area contributed by atoms with Crippen LogP contribution in [0.5, 0.6) is 0 Å². The van der Waals surface area contributed by atoms with Gasteiger partial charge in [-0.25, -0.2) is 0 Å². The van der Waals surface area contributed by atoms with E-state index in [0.717, 1.165) is 25.7 Å². The van der Waals surface area contributed by atoms with Crippen molar-refractivity contribution >= 4 is 0 Å². The van der Waals surface area contributed by atoms with Gasteiger partial charge in [-0.1, -0.05) is 13.8 Å². The van der Waals surface area contributed by atoms with Crippen molar-refractivity contribution in [3.63, 3.8) is 0 Å². The molecule has 1 aliphatic carbocycles. The van der Waals surface area contributed by atoms with Crippen molar-refractivity contribution in [1.29, 1.82) is 0 Å². The lowest BCUT2D eigenvalue weighted by molar-refractivity contribution is -0.137. The quantitative estimate of drug-likeness (QED) is 0.825. The van der Waals surface area contributed by atoms with Gasteiger partial charge in [-0.3, -0.25) is 0 Å². The molecule has 0 aromatic rings. The third-order valence-corrected chi connectivity index (χ3v) is 4.51. The van der Waals surface area contributed by atoms with Gasteiger partial charge < -0.3 is 10.5 Å². The zero-order valence-electron chi connectivity index (χ0n) is 12.1. The van der Waals surface area contributed by atoms with E-state index in [4.69, 9.17) is 10.5 Å². The van der Waals surface area contributed by atoms with Crippen molar-refractivity contribution < 1.29 is 17.9 Å². The molecule has 0 aromatic heterocycles. The molecular formula is C14H26F3NO. The number of alkyl halides is 3. The van der Waals surface area contributed by atoms with E-state index in [1.807, 2.05) is 0 Å². The third-order valence-electron chi connectivity index (χ3n) is 4.51. The highest BCUT2D eigenvalue weighted by atomic mass is 19.4. The summed E-state index contributed by atoms with van der Waals surface area (Å²) in [7, 11) is 1.63. The van der Waals surface area contributed by atoms with E-state index in [1.54, 1.807) is 7.11 Å². The number of ether oxygens (including phenoxy) is 1. The van der Waals surface area contributed by atoms with Crippen LogP contribution in [0.1, 0.15) is 58.8 Å². The summed E-state index contributed by atoms with van der Waals surface area (Å²) in [6.07, 6.45) is -0.706. The number of hydrogen-bond donors (Lipinski definition) is 1. The van der Waals surface area contributed by atoms with Crippen molar-refractivity contribution in [3.05, 3.63) is 0 Å². The lowest BCUT2D eigenvalue weighted by Crippen LogP contribution is -2.52. The van der Waals surface area contributed by atoms with Crippen LogP contribution in [0.15, 0.2) is 0 Å². The lowest BCUT2D eigenvalue weighted by Gasteiger charge is -2.46. The molecule has 0 saturated heterocycles. The monoisotopic (exact) mass is 281 g/mol. The topological polar surface area (TPSA) is 35.2 Å².